The summed E-state index contributed by atoms with van der Waals surface area (Å²) in [4.78, 5) is 22.2. The number of nitrogens with one attached hydrogen (secondary N) is 2. The highest BCUT2D eigenvalue weighted by Gasteiger charge is 2.15. The van der Waals surface area contributed by atoms with Crippen LogP contribution in [0, 0.1) is 0 Å². The van der Waals surface area contributed by atoms with Crippen LogP contribution in [-0.2, 0) is 9.53 Å². The summed E-state index contributed by atoms with van der Waals surface area (Å²) in [5, 5.41) is 14.1. The topological polar surface area (TPSA) is 101 Å². The minimum atomic E-state index is -1.15. The summed E-state index contributed by atoms with van der Waals surface area (Å²) < 4.78 is 9.78. The highest BCUT2D eigenvalue weighted by Crippen LogP contribution is 2.14. The van der Waals surface area contributed by atoms with Crippen LogP contribution in [0.3, 0.4) is 0 Å². The Morgan fingerprint density at radius 2 is 2.22 bits per heavy atom. The second-order valence-electron chi connectivity index (χ2n) is 3.62. The molecule has 1 heterocycles. The van der Waals surface area contributed by atoms with Gasteiger partial charge in [-0.25, -0.2) is 4.79 Å². The van der Waals surface area contributed by atoms with Crippen molar-refractivity contribution in [1.29, 1.82) is 0 Å². The first-order chi connectivity index (χ1) is 8.54. The van der Waals surface area contributed by atoms with Crippen molar-refractivity contribution in [1.82, 2.24) is 5.32 Å². The van der Waals surface area contributed by atoms with E-state index in [9.17, 15) is 9.59 Å². The third kappa shape index (κ3) is 4.10. The number of carbonyl (C=O) groups is 2. The van der Waals surface area contributed by atoms with Crippen LogP contribution in [0.1, 0.15) is 17.5 Å². The lowest BCUT2D eigenvalue weighted by atomic mass is 10.3. The van der Waals surface area contributed by atoms with Gasteiger partial charge in [-0.05, 0) is 13.0 Å². The average Bonchev–Trinajstić information content (AvgIpc) is 2.77. The Morgan fingerprint density at radius 1 is 1.50 bits per heavy atom. The average molecular weight is 256 g/mol. The first kappa shape index (κ1) is 14.0. The predicted molar refractivity (Wildman–Crippen MR) is 63.6 cm³/mol. The molecule has 0 spiro atoms. The molecule has 0 aromatic carbocycles. The molecule has 18 heavy (non-hydrogen) atoms. The number of furan rings is 1. The maximum absolute atomic E-state index is 11.6. The van der Waals surface area contributed by atoms with Crippen LogP contribution >= 0.6 is 0 Å². The first-order valence-corrected chi connectivity index (χ1v) is 5.41. The third-order valence-electron chi connectivity index (χ3n) is 2.17. The lowest BCUT2D eigenvalue weighted by molar-refractivity contribution is -0.121. The second kappa shape index (κ2) is 6.65. The fourth-order valence-corrected chi connectivity index (χ4v) is 1.24. The maximum atomic E-state index is 11.6. The molecule has 0 aliphatic heterocycles. The Kier molecular flexibility index (Phi) is 5.19. The number of ether oxygens (including phenoxy) is 1. The van der Waals surface area contributed by atoms with Crippen molar-refractivity contribution in [2.45, 2.75) is 13.0 Å². The Bertz CT molecular complexity index is 415. The highest BCUT2D eigenvalue weighted by molar-refractivity contribution is 5.86. The number of carboxylic acids is 1. The lowest BCUT2D eigenvalue weighted by Crippen LogP contribution is -2.38. The summed E-state index contributed by atoms with van der Waals surface area (Å²) >= 11 is 0. The number of carbonyl (C=O) groups excluding carboxylic acids is 1. The molecule has 7 nitrogen and oxygen atoms in total. The molecule has 1 aromatic heterocycles. The van der Waals surface area contributed by atoms with E-state index in [1.54, 1.807) is 14.0 Å². The molecule has 0 fully saturated rings. The Hall–Kier alpha value is -2.02. The van der Waals surface area contributed by atoms with Gasteiger partial charge in [0.15, 0.2) is 5.88 Å². The molecule has 3 N–H and O–H groups in total. The SMILES string of the molecule is COCCNC(=O)C(C)Nc1ccc(C(=O)O)o1. The van der Waals surface area contributed by atoms with Crippen molar-refractivity contribution in [3.05, 3.63) is 17.9 Å². The van der Waals surface area contributed by atoms with Crippen molar-refractivity contribution < 1.29 is 23.8 Å². The number of anilines is 1. The van der Waals surface area contributed by atoms with Gasteiger partial charge in [-0.15, -0.1) is 0 Å². The summed E-state index contributed by atoms with van der Waals surface area (Å²) in [5.74, 6) is -1.31. The lowest BCUT2D eigenvalue weighted by Gasteiger charge is -2.12. The molecule has 1 aromatic rings. The van der Waals surface area contributed by atoms with Crippen LogP contribution in [0.2, 0.25) is 0 Å². The summed E-state index contributed by atoms with van der Waals surface area (Å²) in [6.07, 6.45) is 0. The number of carboxylic acid groups (broad SMARTS) is 1. The summed E-state index contributed by atoms with van der Waals surface area (Å²) in [5.41, 5.74) is 0. The minimum Gasteiger partial charge on any atom is -0.475 e. The van der Waals surface area contributed by atoms with Crippen LogP contribution in [0.5, 0.6) is 0 Å². The summed E-state index contributed by atoms with van der Waals surface area (Å²) in [6, 6.07) is 2.25. The quantitative estimate of drug-likeness (QED) is 0.615. The van der Waals surface area contributed by atoms with Gasteiger partial charge in [-0.1, -0.05) is 0 Å². The largest absolute Gasteiger partial charge is 0.475 e. The van der Waals surface area contributed by atoms with Gasteiger partial charge in [-0.2, -0.15) is 0 Å². The molecule has 0 bridgehead atoms. The van der Waals surface area contributed by atoms with Gasteiger partial charge in [0.25, 0.3) is 0 Å². The number of hydrogen-bond donors (Lipinski definition) is 3. The van der Waals surface area contributed by atoms with Crippen LogP contribution < -0.4 is 10.6 Å². The Morgan fingerprint density at radius 3 is 2.78 bits per heavy atom. The second-order valence-corrected chi connectivity index (χ2v) is 3.62. The van der Waals surface area contributed by atoms with Crippen LogP contribution in [0.4, 0.5) is 5.88 Å². The predicted octanol–water partition coefficient (Wildman–Crippen LogP) is 0.541. The molecule has 0 saturated heterocycles. The third-order valence-corrected chi connectivity index (χ3v) is 2.17. The molecule has 0 radical (unpaired) electrons. The van der Waals surface area contributed by atoms with Crippen molar-refractivity contribution in [3.8, 4) is 0 Å². The van der Waals surface area contributed by atoms with E-state index in [1.165, 1.54) is 12.1 Å². The first-order valence-electron chi connectivity index (χ1n) is 5.41. The number of methoxy groups -OCH3 is 1. The fourth-order valence-electron chi connectivity index (χ4n) is 1.24. The minimum absolute atomic E-state index is 0.176. The molecule has 1 rings (SSSR count). The van der Waals surface area contributed by atoms with E-state index >= 15 is 0 Å². The maximum Gasteiger partial charge on any atom is 0.371 e. The zero-order valence-electron chi connectivity index (χ0n) is 10.2. The van der Waals surface area contributed by atoms with E-state index in [-0.39, 0.29) is 17.6 Å². The van der Waals surface area contributed by atoms with Gasteiger partial charge in [0, 0.05) is 19.7 Å². The zero-order valence-corrected chi connectivity index (χ0v) is 10.2. The molecule has 1 unspecified atom stereocenters. The Balaban J connectivity index is 2.45. The van der Waals surface area contributed by atoms with Gasteiger partial charge >= 0.3 is 5.97 Å². The van der Waals surface area contributed by atoms with Crippen molar-refractivity contribution in [2.24, 2.45) is 0 Å². The molecular formula is C11H16N2O5. The number of rotatable bonds is 7. The van der Waals surface area contributed by atoms with Gasteiger partial charge in [0.1, 0.15) is 6.04 Å². The molecule has 7 heteroatoms. The van der Waals surface area contributed by atoms with E-state index < -0.39 is 12.0 Å². The number of hydrogen-bond acceptors (Lipinski definition) is 5. The molecule has 0 aliphatic carbocycles. The van der Waals surface area contributed by atoms with E-state index in [1.807, 2.05) is 0 Å². The molecule has 1 amide bonds. The fraction of sp³-hybridized carbons (Fsp3) is 0.455. The molecule has 0 aliphatic rings. The standard InChI is InChI=1S/C11H16N2O5/c1-7(10(14)12-5-6-17-2)13-9-4-3-8(18-9)11(15)16/h3-4,7,13H,5-6H2,1-2H3,(H,12,14)(H,15,16). The van der Waals surface area contributed by atoms with Gasteiger partial charge in [0.2, 0.25) is 11.7 Å². The van der Waals surface area contributed by atoms with E-state index in [2.05, 4.69) is 10.6 Å². The van der Waals surface area contributed by atoms with Gasteiger partial charge in [-0.3, -0.25) is 4.79 Å². The zero-order chi connectivity index (χ0) is 13.5. The molecule has 1 atom stereocenters. The van der Waals surface area contributed by atoms with Crippen LogP contribution in [-0.4, -0.2) is 43.3 Å². The normalized spacial score (nSPS) is 11.9. The van der Waals surface area contributed by atoms with Crippen molar-refractivity contribution in [2.75, 3.05) is 25.6 Å². The highest BCUT2D eigenvalue weighted by atomic mass is 16.5. The molecular weight excluding hydrogens is 240 g/mol. The van der Waals surface area contributed by atoms with E-state index in [4.69, 9.17) is 14.3 Å². The monoisotopic (exact) mass is 256 g/mol. The summed E-state index contributed by atoms with van der Waals surface area (Å²) in [7, 11) is 1.55. The van der Waals surface area contributed by atoms with Crippen molar-refractivity contribution in [3.63, 3.8) is 0 Å². The van der Waals surface area contributed by atoms with Crippen molar-refractivity contribution >= 4 is 17.8 Å². The molecule has 0 saturated carbocycles. The summed E-state index contributed by atoms with van der Waals surface area (Å²) in [6.45, 7) is 2.49. The Labute approximate surface area is 104 Å². The van der Waals surface area contributed by atoms with Crippen LogP contribution in [0.15, 0.2) is 16.5 Å². The number of amides is 1. The molecule has 100 valence electrons. The van der Waals surface area contributed by atoms with Gasteiger partial charge < -0.3 is 24.9 Å². The van der Waals surface area contributed by atoms with E-state index in [0.29, 0.717) is 13.2 Å². The van der Waals surface area contributed by atoms with Gasteiger partial charge in [0.05, 0.1) is 6.61 Å². The smallest absolute Gasteiger partial charge is 0.371 e. The number of aromatic carboxylic acids is 1. The van der Waals surface area contributed by atoms with Crippen LogP contribution in [0.25, 0.3) is 0 Å². The van der Waals surface area contributed by atoms with E-state index in [0.717, 1.165) is 0 Å².